The summed E-state index contributed by atoms with van der Waals surface area (Å²) >= 11 is 0. The molecule has 0 spiro atoms. The maximum Gasteiger partial charge on any atom is 0.267 e. The highest BCUT2D eigenvalue weighted by molar-refractivity contribution is 7.88. The first-order valence-corrected chi connectivity index (χ1v) is 13.4. The van der Waals surface area contributed by atoms with E-state index in [-0.39, 0.29) is 43.0 Å². The van der Waals surface area contributed by atoms with E-state index < -0.39 is 10.0 Å². The third kappa shape index (κ3) is 5.24. The van der Waals surface area contributed by atoms with Gasteiger partial charge in [-0.05, 0) is 56.7 Å². The molecule has 0 unspecified atom stereocenters. The van der Waals surface area contributed by atoms with Crippen molar-refractivity contribution in [3.8, 4) is 0 Å². The van der Waals surface area contributed by atoms with E-state index in [0.29, 0.717) is 23.1 Å². The van der Waals surface area contributed by atoms with Gasteiger partial charge >= 0.3 is 0 Å². The van der Waals surface area contributed by atoms with Gasteiger partial charge < -0.3 is 15.4 Å². The number of benzene rings is 1. The smallest absolute Gasteiger partial charge is 0.267 e. The Morgan fingerprint density at radius 3 is 2.82 bits per heavy atom. The topological polar surface area (TPSA) is 106 Å². The fourth-order valence-electron chi connectivity index (χ4n) is 5.39. The van der Waals surface area contributed by atoms with Crippen molar-refractivity contribution in [3.05, 3.63) is 35.3 Å². The van der Waals surface area contributed by atoms with Gasteiger partial charge in [0.2, 0.25) is 10.0 Å². The lowest BCUT2D eigenvalue weighted by Crippen LogP contribution is -2.47. The molecule has 10 heteroatoms. The van der Waals surface area contributed by atoms with E-state index in [1.165, 1.54) is 16.6 Å². The van der Waals surface area contributed by atoms with E-state index in [2.05, 4.69) is 15.2 Å². The number of fused-ring (bicyclic) bond motifs is 1. The molecule has 0 bridgehead atoms. The Bertz CT molecular complexity index is 1080. The minimum absolute atomic E-state index is 0.0103. The molecule has 1 aromatic heterocycles. The maximum atomic E-state index is 14.1. The summed E-state index contributed by atoms with van der Waals surface area (Å²) in [6, 6.07) is 4.82. The Kier molecular flexibility index (Phi) is 7.09. The van der Waals surface area contributed by atoms with Crippen LogP contribution in [0.1, 0.15) is 48.2 Å². The van der Waals surface area contributed by atoms with Crippen LogP contribution in [0.3, 0.4) is 0 Å². The zero-order valence-electron chi connectivity index (χ0n) is 19.2. The summed E-state index contributed by atoms with van der Waals surface area (Å²) in [7, 11) is -3.38. The molecule has 1 aliphatic carbocycles. The molecule has 2 aromatic rings. The number of hydrogen-bond acceptors (Lipinski definition) is 5. The number of nitrogens with zero attached hydrogens (tertiary/aromatic N) is 2. The lowest BCUT2D eigenvalue weighted by molar-refractivity contribution is 0.0897. The first-order valence-electron chi connectivity index (χ1n) is 11.6. The standard InChI is InChI=1S/C23H33FN4O4S/c1-15-6-7-20(24)19-13-21(26-22(15)19)23(30)25-16-4-3-5-17(12-16)27-9-8-18(14-27)28(10-11-29)33(2,31)32/h6-7,13,16-18,26,29H,3-5,8-12,14H2,1-2H3,(H,25,30)/t16-,17-,18+/m1/s1. The van der Waals surface area contributed by atoms with E-state index in [9.17, 15) is 22.7 Å². The number of nitrogens with one attached hydrogen (secondary N) is 2. The number of carbonyl (C=O) groups excluding carboxylic acids is 1. The SMILES string of the molecule is Cc1ccc(F)c2cc(C(=O)N[C@@H]3CCC[C@@H](N4CC[C@H](N(CCO)S(C)(=O)=O)C4)C3)[nH]c12. The normalized spacial score (nSPS) is 24.6. The minimum Gasteiger partial charge on any atom is -0.395 e. The van der Waals surface area contributed by atoms with Gasteiger partial charge in [-0.3, -0.25) is 9.69 Å². The van der Waals surface area contributed by atoms with Gasteiger partial charge in [0, 0.05) is 43.1 Å². The van der Waals surface area contributed by atoms with Crippen LogP contribution < -0.4 is 5.32 Å². The van der Waals surface area contributed by atoms with Gasteiger partial charge in [-0.15, -0.1) is 0 Å². The van der Waals surface area contributed by atoms with Crippen molar-refractivity contribution in [1.29, 1.82) is 0 Å². The average Bonchev–Trinajstić information content (AvgIpc) is 3.42. The van der Waals surface area contributed by atoms with Crippen LogP contribution in [0, 0.1) is 12.7 Å². The first kappa shape index (κ1) is 24.1. The van der Waals surface area contributed by atoms with Crippen molar-refractivity contribution in [1.82, 2.24) is 19.5 Å². The lowest BCUT2D eigenvalue weighted by atomic mass is 9.90. The van der Waals surface area contributed by atoms with Gasteiger partial charge in [-0.1, -0.05) is 6.07 Å². The summed E-state index contributed by atoms with van der Waals surface area (Å²) < 4.78 is 39.8. The van der Waals surface area contributed by atoms with Crippen LogP contribution >= 0.6 is 0 Å². The number of rotatable bonds is 7. The fourth-order valence-corrected chi connectivity index (χ4v) is 6.52. The number of hydrogen-bond donors (Lipinski definition) is 3. The molecule has 1 aliphatic heterocycles. The summed E-state index contributed by atoms with van der Waals surface area (Å²) in [5, 5.41) is 12.8. The summed E-state index contributed by atoms with van der Waals surface area (Å²) in [4.78, 5) is 18.3. The fraction of sp³-hybridized carbons (Fsp3) is 0.609. The minimum atomic E-state index is -3.38. The van der Waals surface area contributed by atoms with Crippen molar-refractivity contribution in [2.45, 2.75) is 57.2 Å². The predicted octanol–water partition coefficient (Wildman–Crippen LogP) is 1.98. The number of likely N-dealkylation sites (tertiary alicyclic amines) is 1. The maximum absolute atomic E-state index is 14.1. The highest BCUT2D eigenvalue weighted by atomic mass is 32.2. The molecule has 2 aliphatic rings. The summed E-state index contributed by atoms with van der Waals surface area (Å²) in [5.41, 5.74) is 1.88. The van der Waals surface area contributed by atoms with Gasteiger partial charge in [0.25, 0.3) is 5.91 Å². The van der Waals surface area contributed by atoms with Crippen molar-refractivity contribution >= 4 is 26.8 Å². The number of aromatic nitrogens is 1. The quantitative estimate of drug-likeness (QED) is 0.562. The summed E-state index contributed by atoms with van der Waals surface area (Å²) in [6.45, 7) is 3.23. The van der Waals surface area contributed by atoms with Crippen LogP contribution in [0.15, 0.2) is 18.2 Å². The van der Waals surface area contributed by atoms with E-state index in [1.54, 1.807) is 12.1 Å². The number of carbonyl (C=O) groups is 1. The third-order valence-corrected chi connectivity index (χ3v) is 8.37. The molecule has 1 aromatic carbocycles. The van der Waals surface area contributed by atoms with E-state index in [4.69, 9.17) is 0 Å². The Morgan fingerprint density at radius 1 is 1.33 bits per heavy atom. The van der Waals surface area contributed by atoms with Crippen molar-refractivity contribution in [2.24, 2.45) is 0 Å². The second kappa shape index (κ2) is 9.69. The van der Waals surface area contributed by atoms with Crippen LogP contribution in [-0.4, -0.2) is 84.2 Å². The molecule has 3 atom stereocenters. The van der Waals surface area contributed by atoms with Crippen LogP contribution in [0.4, 0.5) is 4.39 Å². The van der Waals surface area contributed by atoms with Crippen LogP contribution in [-0.2, 0) is 10.0 Å². The summed E-state index contributed by atoms with van der Waals surface area (Å²) in [6.07, 6.45) is 5.59. The molecule has 1 amide bonds. The van der Waals surface area contributed by atoms with Crippen LogP contribution in [0.2, 0.25) is 0 Å². The number of amides is 1. The number of aliphatic hydroxyl groups excluding tert-OH is 1. The Hall–Kier alpha value is -2.01. The molecule has 1 saturated heterocycles. The molecule has 8 nitrogen and oxygen atoms in total. The van der Waals surface area contributed by atoms with Gasteiger partial charge in [0.05, 0.1) is 18.4 Å². The third-order valence-electron chi connectivity index (χ3n) is 7.04. The Morgan fingerprint density at radius 2 is 2.12 bits per heavy atom. The molecule has 0 radical (unpaired) electrons. The van der Waals surface area contributed by atoms with E-state index >= 15 is 0 Å². The zero-order valence-corrected chi connectivity index (χ0v) is 20.0. The summed E-state index contributed by atoms with van der Waals surface area (Å²) in [5.74, 6) is -0.585. The predicted molar refractivity (Wildman–Crippen MR) is 125 cm³/mol. The second-order valence-electron chi connectivity index (χ2n) is 9.36. The zero-order chi connectivity index (χ0) is 23.8. The van der Waals surface area contributed by atoms with E-state index in [0.717, 1.165) is 44.2 Å². The second-order valence-corrected chi connectivity index (χ2v) is 11.3. The molecular formula is C23H33FN4O4S. The van der Waals surface area contributed by atoms with Gasteiger partial charge in [0.1, 0.15) is 11.5 Å². The van der Waals surface area contributed by atoms with Crippen LogP contribution in [0.25, 0.3) is 10.9 Å². The number of aliphatic hydroxyl groups is 1. The molecule has 3 N–H and O–H groups in total. The molecule has 33 heavy (non-hydrogen) atoms. The van der Waals surface area contributed by atoms with Crippen LogP contribution in [0.5, 0.6) is 0 Å². The monoisotopic (exact) mass is 480 g/mol. The molecular weight excluding hydrogens is 447 g/mol. The van der Waals surface area contributed by atoms with Crippen molar-refractivity contribution < 1.29 is 22.7 Å². The number of aryl methyl sites for hydroxylation is 1. The molecule has 1 saturated carbocycles. The van der Waals surface area contributed by atoms with Gasteiger partial charge in [-0.25, -0.2) is 12.8 Å². The largest absolute Gasteiger partial charge is 0.395 e. The first-order chi connectivity index (χ1) is 15.7. The van der Waals surface area contributed by atoms with Gasteiger partial charge in [0.15, 0.2) is 0 Å². The Labute approximate surface area is 194 Å². The molecule has 2 heterocycles. The molecule has 182 valence electrons. The highest BCUT2D eigenvalue weighted by Gasteiger charge is 2.37. The van der Waals surface area contributed by atoms with Gasteiger partial charge in [-0.2, -0.15) is 4.31 Å². The molecule has 4 rings (SSSR count). The molecule has 2 fully saturated rings. The number of sulfonamides is 1. The Balaban J connectivity index is 1.39. The highest BCUT2D eigenvalue weighted by Crippen LogP contribution is 2.29. The van der Waals surface area contributed by atoms with Crippen molar-refractivity contribution in [3.63, 3.8) is 0 Å². The number of aromatic amines is 1. The lowest BCUT2D eigenvalue weighted by Gasteiger charge is -2.36. The average molecular weight is 481 g/mol. The number of H-pyrrole nitrogens is 1. The van der Waals surface area contributed by atoms with E-state index in [1.807, 2.05) is 6.92 Å². The van der Waals surface area contributed by atoms with Crippen molar-refractivity contribution in [2.75, 3.05) is 32.5 Å². The number of halogens is 1.